The van der Waals surface area contributed by atoms with E-state index in [1.54, 1.807) is 28.3 Å². The number of nitriles is 1. The van der Waals surface area contributed by atoms with Gasteiger partial charge in [-0.2, -0.15) is 5.26 Å². The maximum Gasteiger partial charge on any atom is 0.223 e. The van der Waals surface area contributed by atoms with Gasteiger partial charge in [-0.25, -0.2) is 0 Å². The van der Waals surface area contributed by atoms with Gasteiger partial charge in [-0.15, -0.1) is 0 Å². The average Bonchev–Trinajstić information content (AvgIpc) is 2.93. The van der Waals surface area contributed by atoms with Crippen molar-refractivity contribution in [3.8, 4) is 23.3 Å². The molecule has 2 unspecified atom stereocenters. The summed E-state index contributed by atoms with van der Waals surface area (Å²) in [4.78, 5) is 16.6. The van der Waals surface area contributed by atoms with Gasteiger partial charge in [0.15, 0.2) is 11.5 Å². The van der Waals surface area contributed by atoms with Crippen LogP contribution in [-0.4, -0.2) is 52.3 Å². The summed E-state index contributed by atoms with van der Waals surface area (Å²) in [5.74, 6) is 2.21. The van der Waals surface area contributed by atoms with E-state index in [9.17, 15) is 10.1 Å². The van der Waals surface area contributed by atoms with Crippen LogP contribution in [0.3, 0.4) is 0 Å². The molecule has 7 heteroatoms. The zero-order valence-corrected chi connectivity index (χ0v) is 24.3. The number of benzene rings is 2. The largest absolute Gasteiger partial charge is 0.495 e. The van der Waals surface area contributed by atoms with Crippen molar-refractivity contribution >= 4 is 11.6 Å². The van der Waals surface area contributed by atoms with Crippen LogP contribution in [0.5, 0.6) is 17.2 Å². The quantitative estimate of drug-likeness (QED) is 0.366. The first-order valence-electron chi connectivity index (χ1n) is 13.5. The smallest absolute Gasteiger partial charge is 0.223 e. The number of hydrogen-bond acceptors (Lipinski definition) is 6. The van der Waals surface area contributed by atoms with E-state index in [4.69, 9.17) is 14.2 Å². The minimum Gasteiger partial charge on any atom is -0.495 e. The molecule has 38 heavy (non-hydrogen) atoms. The van der Waals surface area contributed by atoms with E-state index in [1.165, 1.54) is 11.1 Å². The fourth-order valence-electron chi connectivity index (χ4n) is 5.75. The molecule has 0 spiro atoms. The van der Waals surface area contributed by atoms with Crippen molar-refractivity contribution in [1.29, 1.82) is 5.26 Å². The third-order valence-corrected chi connectivity index (χ3v) is 8.24. The fourth-order valence-corrected chi connectivity index (χ4v) is 5.75. The standard InChI is InChI=1S/C31H43N3O4/c1-21(2)31(20-32,24-12-14-27(36-6)29(19-24)38-8)16-10-17-33(5)22(3)25-13-15-28(37-7)30-26(25)11-9-18-34(30)23(4)35/h12-15,19,21-22H,9-11,16-18H2,1-8H3. The predicted molar refractivity (Wildman–Crippen MR) is 151 cm³/mol. The second kappa shape index (κ2) is 12.5. The summed E-state index contributed by atoms with van der Waals surface area (Å²) >= 11 is 0. The Morgan fingerprint density at radius 1 is 1.08 bits per heavy atom. The third kappa shape index (κ3) is 5.61. The number of amides is 1. The Balaban J connectivity index is 1.82. The van der Waals surface area contributed by atoms with Crippen LogP contribution in [0.1, 0.15) is 69.7 Å². The van der Waals surface area contributed by atoms with E-state index in [1.807, 2.05) is 29.2 Å². The molecule has 1 aliphatic rings. The summed E-state index contributed by atoms with van der Waals surface area (Å²) in [5.41, 5.74) is 3.66. The number of rotatable bonds is 11. The van der Waals surface area contributed by atoms with Crippen LogP contribution in [0.4, 0.5) is 5.69 Å². The molecule has 0 aliphatic carbocycles. The van der Waals surface area contributed by atoms with Crippen molar-refractivity contribution in [2.75, 3.05) is 46.4 Å². The number of carbonyl (C=O) groups is 1. The highest BCUT2D eigenvalue weighted by atomic mass is 16.5. The van der Waals surface area contributed by atoms with E-state index >= 15 is 0 Å². The molecule has 1 amide bonds. The van der Waals surface area contributed by atoms with Gasteiger partial charge in [0.25, 0.3) is 0 Å². The highest BCUT2D eigenvalue weighted by molar-refractivity contribution is 5.95. The van der Waals surface area contributed by atoms with Gasteiger partial charge in [0.2, 0.25) is 5.91 Å². The molecule has 2 aromatic rings. The van der Waals surface area contributed by atoms with Gasteiger partial charge in [-0.1, -0.05) is 26.0 Å². The first-order chi connectivity index (χ1) is 18.1. The van der Waals surface area contributed by atoms with Gasteiger partial charge in [-0.05, 0) is 87.0 Å². The van der Waals surface area contributed by atoms with Gasteiger partial charge >= 0.3 is 0 Å². The molecule has 0 fully saturated rings. The van der Waals surface area contributed by atoms with Crippen LogP contribution in [0.25, 0.3) is 0 Å². The Morgan fingerprint density at radius 2 is 1.74 bits per heavy atom. The van der Waals surface area contributed by atoms with Crippen LogP contribution in [0.2, 0.25) is 0 Å². The molecular formula is C31H43N3O4. The van der Waals surface area contributed by atoms with Crippen LogP contribution in [0.15, 0.2) is 30.3 Å². The van der Waals surface area contributed by atoms with Crippen molar-refractivity contribution < 1.29 is 19.0 Å². The van der Waals surface area contributed by atoms with Gasteiger partial charge in [0.1, 0.15) is 5.75 Å². The topological polar surface area (TPSA) is 75.0 Å². The van der Waals surface area contributed by atoms with E-state index in [0.717, 1.165) is 49.2 Å². The molecule has 0 N–H and O–H groups in total. The van der Waals surface area contributed by atoms with Crippen molar-refractivity contribution in [1.82, 2.24) is 4.90 Å². The Morgan fingerprint density at radius 3 is 2.32 bits per heavy atom. The maximum absolute atomic E-state index is 12.4. The Labute approximate surface area is 228 Å². The van der Waals surface area contributed by atoms with Crippen LogP contribution < -0.4 is 19.1 Å². The van der Waals surface area contributed by atoms with E-state index in [0.29, 0.717) is 18.0 Å². The summed E-state index contributed by atoms with van der Waals surface area (Å²) < 4.78 is 16.6. The molecule has 3 rings (SSSR count). The summed E-state index contributed by atoms with van der Waals surface area (Å²) in [6.45, 7) is 9.59. The maximum atomic E-state index is 12.4. The Bertz CT molecular complexity index is 1170. The van der Waals surface area contributed by atoms with Crippen molar-refractivity contribution in [2.24, 2.45) is 5.92 Å². The summed E-state index contributed by atoms with van der Waals surface area (Å²) in [6, 6.07) is 12.7. The molecule has 2 aromatic carbocycles. The fraction of sp³-hybridized carbons (Fsp3) is 0.548. The molecule has 0 radical (unpaired) electrons. The highest BCUT2D eigenvalue weighted by Crippen LogP contribution is 2.43. The predicted octanol–water partition coefficient (Wildman–Crippen LogP) is 5.90. The molecule has 2 atom stereocenters. The number of fused-ring (bicyclic) bond motifs is 1. The Hall–Kier alpha value is -3.24. The van der Waals surface area contributed by atoms with Gasteiger partial charge < -0.3 is 19.1 Å². The molecule has 0 bridgehead atoms. The molecule has 206 valence electrons. The van der Waals surface area contributed by atoms with Crippen LogP contribution in [0, 0.1) is 17.2 Å². The number of nitrogens with zero attached hydrogens (tertiary/aromatic N) is 3. The zero-order valence-electron chi connectivity index (χ0n) is 24.3. The molecule has 1 heterocycles. The van der Waals surface area contributed by atoms with E-state index in [2.05, 4.69) is 44.9 Å². The van der Waals surface area contributed by atoms with Crippen molar-refractivity contribution in [3.63, 3.8) is 0 Å². The number of ether oxygens (including phenoxy) is 3. The molecule has 0 saturated carbocycles. The SMILES string of the molecule is COc1ccc(C(C#N)(CCCN(C)C(C)c2ccc(OC)c3c2CCCN3C(C)=O)C(C)C)cc1OC. The third-order valence-electron chi connectivity index (χ3n) is 8.24. The lowest BCUT2D eigenvalue weighted by atomic mass is 9.69. The second-order valence-corrected chi connectivity index (χ2v) is 10.5. The first kappa shape index (κ1) is 29.3. The monoisotopic (exact) mass is 521 g/mol. The minimum atomic E-state index is -0.634. The molecular weight excluding hydrogens is 478 g/mol. The van der Waals surface area contributed by atoms with Crippen molar-refractivity contribution in [2.45, 2.75) is 64.8 Å². The molecule has 0 saturated heterocycles. The minimum absolute atomic E-state index is 0.0408. The molecule has 0 aromatic heterocycles. The van der Waals surface area contributed by atoms with Crippen molar-refractivity contribution in [3.05, 3.63) is 47.0 Å². The number of carbonyl (C=O) groups excluding carboxylic acids is 1. The Kier molecular flexibility index (Phi) is 9.67. The highest BCUT2D eigenvalue weighted by Gasteiger charge is 2.36. The number of methoxy groups -OCH3 is 3. The van der Waals surface area contributed by atoms with Crippen LogP contribution in [-0.2, 0) is 16.6 Å². The second-order valence-electron chi connectivity index (χ2n) is 10.5. The van der Waals surface area contributed by atoms with Gasteiger partial charge in [0, 0.05) is 19.5 Å². The van der Waals surface area contributed by atoms with E-state index in [-0.39, 0.29) is 17.9 Å². The lowest BCUT2D eigenvalue weighted by molar-refractivity contribution is -0.116. The molecule has 1 aliphatic heterocycles. The first-order valence-corrected chi connectivity index (χ1v) is 13.5. The number of anilines is 1. The lowest BCUT2D eigenvalue weighted by Crippen LogP contribution is -2.35. The summed E-state index contributed by atoms with van der Waals surface area (Å²) in [5, 5.41) is 10.4. The van der Waals surface area contributed by atoms with Gasteiger partial charge in [0.05, 0.1) is 38.5 Å². The van der Waals surface area contributed by atoms with Gasteiger partial charge in [-0.3, -0.25) is 9.69 Å². The zero-order chi connectivity index (χ0) is 28.0. The lowest BCUT2D eigenvalue weighted by Gasteiger charge is -2.35. The summed E-state index contributed by atoms with van der Waals surface area (Å²) in [7, 11) is 7.03. The number of hydrogen-bond donors (Lipinski definition) is 0. The van der Waals surface area contributed by atoms with Crippen LogP contribution >= 0.6 is 0 Å². The average molecular weight is 522 g/mol. The summed E-state index contributed by atoms with van der Waals surface area (Å²) in [6.07, 6.45) is 3.45. The van der Waals surface area contributed by atoms with E-state index < -0.39 is 5.41 Å². The molecule has 7 nitrogen and oxygen atoms in total. The normalized spacial score (nSPS) is 15.4.